The minimum absolute atomic E-state index is 0.108. The van der Waals surface area contributed by atoms with E-state index in [1.807, 2.05) is 29.6 Å². The number of esters is 1. The first kappa shape index (κ1) is 15.3. The Bertz CT molecular complexity index is 607. The van der Waals surface area contributed by atoms with E-state index in [1.54, 1.807) is 19.1 Å². The smallest absolute Gasteiger partial charge is 0.348 e. The maximum absolute atomic E-state index is 11.9. The Morgan fingerprint density at radius 2 is 1.95 bits per heavy atom. The van der Waals surface area contributed by atoms with E-state index in [9.17, 15) is 9.59 Å². The van der Waals surface area contributed by atoms with Gasteiger partial charge in [0, 0.05) is 12.1 Å². The SMILES string of the molecule is CCOC(=O)c1sccc1CCNC(=O)c1ccccc1. The molecule has 1 amide bonds. The van der Waals surface area contributed by atoms with Crippen molar-refractivity contribution in [3.8, 4) is 0 Å². The van der Waals surface area contributed by atoms with Crippen LogP contribution in [0.3, 0.4) is 0 Å². The molecule has 0 spiro atoms. The Labute approximate surface area is 127 Å². The summed E-state index contributed by atoms with van der Waals surface area (Å²) in [5.41, 5.74) is 1.54. The van der Waals surface area contributed by atoms with Gasteiger partial charge in [0.15, 0.2) is 0 Å². The van der Waals surface area contributed by atoms with E-state index >= 15 is 0 Å². The third-order valence-electron chi connectivity index (χ3n) is 2.92. The normalized spacial score (nSPS) is 10.1. The molecular weight excluding hydrogens is 286 g/mol. The second kappa shape index (κ2) is 7.59. The van der Waals surface area contributed by atoms with Crippen LogP contribution in [-0.2, 0) is 11.2 Å². The van der Waals surface area contributed by atoms with Crippen LogP contribution in [0.5, 0.6) is 0 Å². The van der Waals surface area contributed by atoms with Crippen LogP contribution in [0.1, 0.15) is 32.5 Å². The van der Waals surface area contributed by atoms with Crippen LogP contribution in [0, 0.1) is 0 Å². The number of hydrogen-bond donors (Lipinski definition) is 1. The van der Waals surface area contributed by atoms with E-state index in [0.29, 0.717) is 30.0 Å². The van der Waals surface area contributed by atoms with Gasteiger partial charge in [-0.25, -0.2) is 4.79 Å². The monoisotopic (exact) mass is 303 g/mol. The molecule has 0 radical (unpaired) electrons. The molecular formula is C16H17NO3S. The highest BCUT2D eigenvalue weighted by molar-refractivity contribution is 7.12. The summed E-state index contributed by atoms with van der Waals surface area (Å²) < 4.78 is 5.01. The van der Waals surface area contributed by atoms with Gasteiger partial charge in [-0.05, 0) is 42.5 Å². The fourth-order valence-electron chi connectivity index (χ4n) is 1.91. The largest absolute Gasteiger partial charge is 0.462 e. The minimum Gasteiger partial charge on any atom is -0.462 e. The summed E-state index contributed by atoms with van der Waals surface area (Å²) in [6.07, 6.45) is 0.607. The molecule has 2 rings (SSSR count). The number of nitrogens with one attached hydrogen (secondary N) is 1. The summed E-state index contributed by atoms with van der Waals surface area (Å²) in [5, 5.41) is 4.71. The predicted molar refractivity (Wildman–Crippen MR) is 82.8 cm³/mol. The average molecular weight is 303 g/mol. The zero-order valence-corrected chi connectivity index (χ0v) is 12.6. The van der Waals surface area contributed by atoms with Gasteiger partial charge >= 0.3 is 5.97 Å². The van der Waals surface area contributed by atoms with Crippen molar-refractivity contribution in [3.63, 3.8) is 0 Å². The molecule has 0 saturated carbocycles. The van der Waals surface area contributed by atoms with Crippen LogP contribution in [-0.4, -0.2) is 25.0 Å². The Balaban J connectivity index is 1.88. The van der Waals surface area contributed by atoms with Crippen molar-refractivity contribution in [2.75, 3.05) is 13.2 Å². The lowest BCUT2D eigenvalue weighted by molar-refractivity contribution is 0.0531. The van der Waals surface area contributed by atoms with Gasteiger partial charge in [-0.2, -0.15) is 0 Å². The minimum atomic E-state index is -0.295. The van der Waals surface area contributed by atoms with E-state index in [2.05, 4.69) is 5.32 Å². The predicted octanol–water partition coefficient (Wildman–Crippen LogP) is 2.90. The summed E-state index contributed by atoms with van der Waals surface area (Å²) >= 11 is 1.37. The maximum atomic E-state index is 11.9. The van der Waals surface area contributed by atoms with E-state index in [1.165, 1.54) is 11.3 Å². The van der Waals surface area contributed by atoms with E-state index in [-0.39, 0.29) is 11.9 Å². The zero-order valence-electron chi connectivity index (χ0n) is 11.8. The fourth-order valence-corrected chi connectivity index (χ4v) is 2.76. The topological polar surface area (TPSA) is 55.4 Å². The number of benzene rings is 1. The molecule has 5 heteroatoms. The van der Waals surface area contributed by atoms with Crippen LogP contribution in [0.2, 0.25) is 0 Å². The van der Waals surface area contributed by atoms with Crippen molar-refractivity contribution < 1.29 is 14.3 Å². The number of ether oxygens (including phenoxy) is 1. The van der Waals surface area contributed by atoms with Crippen molar-refractivity contribution in [2.45, 2.75) is 13.3 Å². The Morgan fingerprint density at radius 3 is 2.67 bits per heavy atom. The molecule has 0 saturated heterocycles. The number of carbonyl (C=O) groups excluding carboxylic acids is 2. The first-order chi connectivity index (χ1) is 10.2. The highest BCUT2D eigenvalue weighted by atomic mass is 32.1. The highest BCUT2D eigenvalue weighted by Crippen LogP contribution is 2.18. The van der Waals surface area contributed by atoms with Crippen molar-refractivity contribution in [1.29, 1.82) is 0 Å². The highest BCUT2D eigenvalue weighted by Gasteiger charge is 2.14. The van der Waals surface area contributed by atoms with Crippen LogP contribution in [0.25, 0.3) is 0 Å². The molecule has 21 heavy (non-hydrogen) atoms. The van der Waals surface area contributed by atoms with Gasteiger partial charge in [-0.15, -0.1) is 11.3 Å². The third kappa shape index (κ3) is 4.16. The van der Waals surface area contributed by atoms with Gasteiger partial charge in [-0.3, -0.25) is 4.79 Å². The molecule has 1 aromatic carbocycles. The summed E-state index contributed by atoms with van der Waals surface area (Å²) in [7, 11) is 0. The first-order valence-electron chi connectivity index (χ1n) is 6.79. The maximum Gasteiger partial charge on any atom is 0.348 e. The lowest BCUT2D eigenvalue weighted by Crippen LogP contribution is -2.25. The van der Waals surface area contributed by atoms with Crippen LogP contribution < -0.4 is 5.32 Å². The van der Waals surface area contributed by atoms with Gasteiger partial charge in [-0.1, -0.05) is 18.2 Å². The third-order valence-corrected chi connectivity index (χ3v) is 3.86. The van der Waals surface area contributed by atoms with Crippen molar-refractivity contribution >= 4 is 23.2 Å². The fraction of sp³-hybridized carbons (Fsp3) is 0.250. The second-order valence-corrected chi connectivity index (χ2v) is 5.28. The number of carbonyl (C=O) groups is 2. The molecule has 0 aliphatic heterocycles. The van der Waals surface area contributed by atoms with Crippen molar-refractivity contribution in [3.05, 3.63) is 57.8 Å². The second-order valence-electron chi connectivity index (χ2n) is 4.37. The van der Waals surface area contributed by atoms with Crippen LogP contribution in [0.4, 0.5) is 0 Å². The Hall–Kier alpha value is -2.14. The molecule has 0 aliphatic rings. The van der Waals surface area contributed by atoms with Gasteiger partial charge in [0.1, 0.15) is 4.88 Å². The van der Waals surface area contributed by atoms with Crippen molar-refractivity contribution in [1.82, 2.24) is 5.32 Å². The van der Waals surface area contributed by atoms with Gasteiger partial charge in [0.25, 0.3) is 5.91 Å². The molecule has 110 valence electrons. The van der Waals surface area contributed by atoms with Gasteiger partial charge in [0.2, 0.25) is 0 Å². The van der Waals surface area contributed by atoms with Crippen LogP contribution >= 0.6 is 11.3 Å². The first-order valence-corrected chi connectivity index (χ1v) is 7.67. The van der Waals surface area contributed by atoms with Crippen molar-refractivity contribution in [2.24, 2.45) is 0 Å². The molecule has 2 aromatic rings. The lowest BCUT2D eigenvalue weighted by Gasteiger charge is -2.06. The number of amides is 1. The molecule has 0 unspecified atom stereocenters. The van der Waals surface area contributed by atoms with Crippen LogP contribution in [0.15, 0.2) is 41.8 Å². The standard InChI is InChI=1S/C16H17NO3S/c1-2-20-16(19)14-12(9-11-21-14)8-10-17-15(18)13-6-4-3-5-7-13/h3-7,9,11H,2,8,10H2,1H3,(H,17,18). The molecule has 1 N–H and O–H groups in total. The quantitative estimate of drug-likeness (QED) is 0.835. The lowest BCUT2D eigenvalue weighted by atomic mass is 10.1. The molecule has 0 fully saturated rings. The molecule has 1 aromatic heterocycles. The molecule has 0 atom stereocenters. The zero-order chi connectivity index (χ0) is 15.1. The number of rotatable bonds is 6. The molecule has 1 heterocycles. The van der Waals surface area contributed by atoms with E-state index < -0.39 is 0 Å². The number of hydrogen-bond acceptors (Lipinski definition) is 4. The Morgan fingerprint density at radius 1 is 1.19 bits per heavy atom. The van der Waals surface area contributed by atoms with Gasteiger partial charge in [0.05, 0.1) is 6.61 Å². The van der Waals surface area contributed by atoms with E-state index in [0.717, 1.165) is 5.56 Å². The molecule has 0 aliphatic carbocycles. The molecule has 4 nitrogen and oxygen atoms in total. The summed E-state index contributed by atoms with van der Waals surface area (Å²) in [4.78, 5) is 24.3. The van der Waals surface area contributed by atoms with Gasteiger partial charge < -0.3 is 10.1 Å². The summed E-state index contributed by atoms with van der Waals surface area (Å²) in [6.45, 7) is 2.63. The van der Waals surface area contributed by atoms with E-state index in [4.69, 9.17) is 4.74 Å². The number of thiophene rings is 1. The summed E-state index contributed by atoms with van der Waals surface area (Å²) in [6, 6.07) is 11.0. The Kier molecular flexibility index (Phi) is 5.51. The summed E-state index contributed by atoms with van der Waals surface area (Å²) in [5.74, 6) is -0.402. The molecule has 0 bridgehead atoms. The average Bonchev–Trinajstić information content (AvgIpc) is 2.97.